The molecule has 2 N–H and O–H groups in total. The van der Waals surface area contributed by atoms with Crippen LogP contribution in [0.15, 0.2) is 55.1 Å². The minimum Gasteiger partial charge on any atom is -0.462 e. The van der Waals surface area contributed by atoms with Crippen LogP contribution in [-0.4, -0.2) is 37.9 Å². The van der Waals surface area contributed by atoms with Crippen LogP contribution in [0, 0.1) is 6.92 Å². The third kappa shape index (κ3) is 4.34. The fraction of sp³-hybridized carbons (Fsp3) is 0.208. The lowest BCUT2D eigenvalue weighted by molar-refractivity contribution is -0.117. The lowest BCUT2D eigenvalue weighted by atomic mass is 9.98. The molecule has 0 aliphatic heterocycles. The highest BCUT2D eigenvalue weighted by Crippen LogP contribution is 2.33. The van der Waals surface area contributed by atoms with E-state index in [9.17, 15) is 9.59 Å². The van der Waals surface area contributed by atoms with Crippen LogP contribution in [0.3, 0.4) is 0 Å². The number of Topliss-reactive ketones (excluding diaryl/α,β-unsaturated/α-hetero) is 1. The zero-order chi connectivity index (χ0) is 22.7. The van der Waals surface area contributed by atoms with Crippen molar-refractivity contribution in [2.24, 2.45) is 0 Å². The van der Waals surface area contributed by atoms with E-state index in [2.05, 4.69) is 15.1 Å². The Morgan fingerprint density at radius 2 is 1.88 bits per heavy atom. The number of nitrogens with two attached hydrogens (primary N) is 1. The van der Waals surface area contributed by atoms with E-state index in [0.29, 0.717) is 23.1 Å². The lowest BCUT2D eigenvalue weighted by Gasteiger charge is -2.08. The number of esters is 1. The predicted molar refractivity (Wildman–Crippen MR) is 120 cm³/mol. The summed E-state index contributed by atoms with van der Waals surface area (Å²) in [6.45, 7) is 3.98. The van der Waals surface area contributed by atoms with E-state index in [4.69, 9.17) is 10.5 Å². The van der Waals surface area contributed by atoms with Gasteiger partial charge >= 0.3 is 5.97 Å². The van der Waals surface area contributed by atoms with Crippen molar-refractivity contribution < 1.29 is 14.3 Å². The lowest BCUT2D eigenvalue weighted by Crippen LogP contribution is -2.08. The molecule has 4 rings (SSSR count). The van der Waals surface area contributed by atoms with Gasteiger partial charge in [-0.2, -0.15) is 5.10 Å². The van der Waals surface area contributed by atoms with E-state index in [1.165, 1.54) is 10.8 Å². The van der Waals surface area contributed by atoms with E-state index in [0.717, 1.165) is 22.4 Å². The summed E-state index contributed by atoms with van der Waals surface area (Å²) < 4.78 is 6.73. The smallest absolute Gasteiger partial charge is 0.340 e. The molecule has 4 aromatic rings. The van der Waals surface area contributed by atoms with Gasteiger partial charge in [0.2, 0.25) is 0 Å². The molecular weight excluding hydrogens is 406 g/mol. The number of pyridine rings is 1. The fourth-order valence-corrected chi connectivity index (χ4v) is 3.67. The Bertz CT molecular complexity index is 1290. The number of rotatable bonds is 7. The highest BCUT2D eigenvalue weighted by Gasteiger charge is 2.22. The topological polar surface area (TPSA) is 112 Å². The van der Waals surface area contributed by atoms with Gasteiger partial charge in [0.1, 0.15) is 17.6 Å². The van der Waals surface area contributed by atoms with Crippen molar-refractivity contribution in [3.63, 3.8) is 0 Å². The van der Waals surface area contributed by atoms with Crippen LogP contribution in [0.4, 0.5) is 5.82 Å². The molecule has 0 aliphatic rings. The quantitative estimate of drug-likeness (QED) is 0.449. The summed E-state index contributed by atoms with van der Waals surface area (Å²) in [5.41, 5.74) is 11.0. The van der Waals surface area contributed by atoms with Crippen LogP contribution >= 0.6 is 0 Å². The number of hydrogen-bond donors (Lipinski definition) is 1. The Hall–Kier alpha value is -4.07. The largest absolute Gasteiger partial charge is 0.462 e. The first-order valence-electron chi connectivity index (χ1n) is 10.3. The van der Waals surface area contributed by atoms with Gasteiger partial charge < -0.3 is 10.5 Å². The van der Waals surface area contributed by atoms with Crippen molar-refractivity contribution in [1.82, 2.24) is 19.6 Å². The van der Waals surface area contributed by atoms with Gasteiger partial charge in [0, 0.05) is 36.5 Å². The second-order valence-electron chi connectivity index (χ2n) is 7.49. The molecule has 3 heterocycles. The summed E-state index contributed by atoms with van der Waals surface area (Å²) in [6.07, 6.45) is 5.22. The van der Waals surface area contributed by atoms with Gasteiger partial charge in [-0.05, 0) is 42.7 Å². The van der Waals surface area contributed by atoms with Crippen molar-refractivity contribution in [1.29, 1.82) is 0 Å². The maximum absolute atomic E-state index is 12.6. The average Bonchev–Trinajstić information content (AvgIpc) is 3.15. The first-order chi connectivity index (χ1) is 15.5. The number of aryl methyl sites for hydroxylation is 1. The molecule has 32 heavy (non-hydrogen) atoms. The molecule has 0 fully saturated rings. The number of nitrogens with zero attached hydrogens (tertiary/aromatic N) is 4. The van der Waals surface area contributed by atoms with Gasteiger partial charge in [0.25, 0.3) is 0 Å². The number of ether oxygens (including phenoxy) is 1. The normalized spacial score (nSPS) is 10.9. The molecule has 0 amide bonds. The Morgan fingerprint density at radius 3 is 2.59 bits per heavy atom. The Labute approximate surface area is 185 Å². The Balaban J connectivity index is 1.62. The second kappa shape index (κ2) is 8.97. The summed E-state index contributed by atoms with van der Waals surface area (Å²) in [7, 11) is 0. The third-order valence-electron chi connectivity index (χ3n) is 5.09. The molecule has 3 aromatic heterocycles. The molecule has 8 heteroatoms. The number of carbonyl (C=O) groups is 2. The highest BCUT2D eigenvalue weighted by atomic mass is 16.5. The molecule has 0 aliphatic carbocycles. The number of hydrogen-bond acceptors (Lipinski definition) is 7. The second-order valence-corrected chi connectivity index (χ2v) is 7.49. The average molecular weight is 429 g/mol. The molecule has 1 aromatic carbocycles. The molecule has 0 spiro atoms. The molecule has 0 unspecified atom stereocenters. The molecular formula is C24H23N5O3. The van der Waals surface area contributed by atoms with Crippen LogP contribution in [-0.2, 0) is 22.4 Å². The third-order valence-corrected chi connectivity index (χ3v) is 5.09. The summed E-state index contributed by atoms with van der Waals surface area (Å²) >= 11 is 0. The standard InChI is InChI=1S/C24H23N5O3/c1-3-32-24(31)20-13-29-22(23(25)27-14-28-29)21(20)17-6-4-16(5-7-17)11-19(30)12-18-10-15(2)8-9-26-18/h4-10,13-14H,3,11-12H2,1-2H3,(H2,25,27,28). The molecule has 0 radical (unpaired) electrons. The van der Waals surface area contributed by atoms with Gasteiger partial charge in [-0.3, -0.25) is 9.78 Å². The van der Waals surface area contributed by atoms with Gasteiger partial charge in [-0.1, -0.05) is 24.3 Å². The van der Waals surface area contributed by atoms with Gasteiger partial charge in [0.15, 0.2) is 5.82 Å². The van der Waals surface area contributed by atoms with Gasteiger partial charge in [0.05, 0.1) is 12.2 Å². The molecule has 162 valence electrons. The summed E-state index contributed by atoms with van der Waals surface area (Å²) in [6, 6.07) is 11.3. The SMILES string of the molecule is CCOC(=O)c1cn2ncnc(N)c2c1-c1ccc(CC(=O)Cc2cc(C)ccn2)cc1. The van der Waals surface area contributed by atoms with Crippen LogP contribution in [0.25, 0.3) is 16.6 Å². The predicted octanol–water partition coefficient (Wildman–Crippen LogP) is 3.21. The Morgan fingerprint density at radius 1 is 1.09 bits per heavy atom. The van der Waals surface area contributed by atoms with Crippen molar-refractivity contribution in [3.05, 3.63) is 77.5 Å². The molecule has 0 saturated heterocycles. The number of anilines is 1. The highest BCUT2D eigenvalue weighted by molar-refractivity contribution is 6.04. The van der Waals surface area contributed by atoms with Crippen molar-refractivity contribution >= 4 is 23.1 Å². The molecule has 0 atom stereocenters. The summed E-state index contributed by atoms with van der Waals surface area (Å²) in [4.78, 5) is 33.4. The molecule has 0 saturated carbocycles. The first-order valence-corrected chi connectivity index (χ1v) is 10.3. The van der Waals surface area contributed by atoms with Crippen LogP contribution < -0.4 is 5.73 Å². The maximum atomic E-state index is 12.6. The van der Waals surface area contributed by atoms with Crippen LogP contribution in [0.5, 0.6) is 0 Å². The molecule has 8 nitrogen and oxygen atoms in total. The van der Waals surface area contributed by atoms with E-state index < -0.39 is 5.97 Å². The number of nitrogen functional groups attached to an aromatic ring is 1. The van der Waals surface area contributed by atoms with E-state index >= 15 is 0 Å². The van der Waals surface area contributed by atoms with Crippen molar-refractivity contribution in [2.45, 2.75) is 26.7 Å². The molecule has 0 bridgehead atoms. The fourth-order valence-electron chi connectivity index (χ4n) is 3.67. The first kappa shape index (κ1) is 21.2. The number of ketones is 1. The summed E-state index contributed by atoms with van der Waals surface area (Å²) in [5, 5.41) is 4.16. The van der Waals surface area contributed by atoms with Crippen molar-refractivity contribution in [2.75, 3.05) is 12.3 Å². The monoisotopic (exact) mass is 429 g/mol. The Kier molecular flexibility index (Phi) is 5.93. The minimum absolute atomic E-state index is 0.0787. The maximum Gasteiger partial charge on any atom is 0.340 e. The van der Waals surface area contributed by atoms with E-state index in [-0.39, 0.29) is 24.6 Å². The van der Waals surface area contributed by atoms with Crippen LogP contribution in [0.2, 0.25) is 0 Å². The zero-order valence-corrected chi connectivity index (χ0v) is 17.9. The number of aromatic nitrogens is 4. The van der Waals surface area contributed by atoms with Gasteiger partial charge in [-0.15, -0.1) is 0 Å². The minimum atomic E-state index is -0.461. The van der Waals surface area contributed by atoms with Crippen molar-refractivity contribution in [3.8, 4) is 11.1 Å². The van der Waals surface area contributed by atoms with E-state index in [1.54, 1.807) is 19.3 Å². The summed E-state index contributed by atoms with van der Waals surface area (Å²) in [5.74, 6) is -0.122. The number of carbonyl (C=O) groups excluding carboxylic acids is 2. The number of benzene rings is 1. The zero-order valence-electron chi connectivity index (χ0n) is 17.9. The van der Waals surface area contributed by atoms with E-state index in [1.807, 2.05) is 43.3 Å². The number of fused-ring (bicyclic) bond motifs is 1. The van der Waals surface area contributed by atoms with Gasteiger partial charge in [-0.25, -0.2) is 14.3 Å². The van der Waals surface area contributed by atoms with Crippen LogP contribution in [0.1, 0.15) is 34.1 Å².